The van der Waals surface area contributed by atoms with Gasteiger partial charge in [0.25, 0.3) is 0 Å². The maximum absolute atomic E-state index is 11.2. The van der Waals surface area contributed by atoms with Crippen molar-refractivity contribution < 1.29 is 13.2 Å². The van der Waals surface area contributed by atoms with Crippen molar-refractivity contribution in [3.63, 3.8) is 0 Å². The summed E-state index contributed by atoms with van der Waals surface area (Å²) in [6.45, 7) is 3.63. The van der Waals surface area contributed by atoms with E-state index in [0.717, 1.165) is 6.07 Å². The molecule has 2 N–H and O–H groups in total. The quantitative estimate of drug-likeness (QED) is 0.839. The van der Waals surface area contributed by atoms with Gasteiger partial charge >= 0.3 is 0 Å². The third-order valence-electron chi connectivity index (χ3n) is 1.82. The highest BCUT2D eigenvalue weighted by Crippen LogP contribution is 2.29. The maximum Gasteiger partial charge on any atom is 0.239 e. The first-order chi connectivity index (χ1) is 7.90. The summed E-state index contributed by atoms with van der Waals surface area (Å²) in [5.74, 6) is 0.185. The number of benzene rings is 1. The van der Waals surface area contributed by atoms with Crippen molar-refractivity contribution in [2.45, 2.75) is 4.90 Å². The fourth-order valence-electron chi connectivity index (χ4n) is 1.11. The summed E-state index contributed by atoms with van der Waals surface area (Å²) in [6, 6.07) is 4.13. The molecule has 17 heavy (non-hydrogen) atoms. The van der Waals surface area contributed by atoms with Crippen molar-refractivity contribution in [1.29, 1.82) is 5.26 Å². The van der Waals surface area contributed by atoms with Crippen LogP contribution in [0.3, 0.4) is 0 Å². The summed E-state index contributed by atoms with van der Waals surface area (Å²) in [4.78, 5) is -0.304. The van der Waals surface area contributed by atoms with Gasteiger partial charge < -0.3 is 4.74 Å². The van der Waals surface area contributed by atoms with Crippen LogP contribution in [0, 0.1) is 11.3 Å². The molecule has 1 rings (SSSR count). The molecule has 0 aromatic heterocycles. The second-order valence-corrected chi connectivity index (χ2v) is 4.97. The minimum Gasteiger partial charge on any atom is -0.488 e. The van der Waals surface area contributed by atoms with Crippen molar-refractivity contribution >= 4 is 21.6 Å². The van der Waals surface area contributed by atoms with E-state index in [4.69, 9.17) is 26.7 Å². The average molecular weight is 273 g/mol. The summed E-state index contributed by atoms with van der Waals surface area (Å²) in [5.41, 5.74) is 0.0419. The molecule has 1 aromatic rings. The summed E-state index contributed by atoms with van der Waals surface area (Å²) in [5, 5.41) is 13.7. The first kappa shape index (κ1) is 13.5. The molecule has 0 aliphatic carbocycles. The van der Waals surface area contributed by atoms with Gasteiger partial charge in [0.15, 0.2) is 0 Å². The van der Waals surface area contributed by atoms with Gasteiger partial charge in [-0.2, -0.15) is 5.26 Å². The second kappa shape index (κ2) is 5.19. The molecule has 0 amide bonds. The SMILES string of the molecule is C=CCOc1cc(Cl)c(S(N)(=O)=O)cc1C#N. The Morgan fingerprint density at radius 3 is 2.71 bits per heavy atom. The smallest absolute Gasteiger partial charge is 0.239 e. The minimum absolute atomic E-state index is 0.0419. The predicted molar refractivity (Wildman–Crippen MR) is 63.2 cm³/mol. The lowest BCUT2D eigenvalue weighted by Gasteiger charge is -2.08. The van der Waals surface area contributed by atoms with Crippen molar-refractivity contribution in [2.24, 2.45) is 5.14 Å². The molecule has 0 unspecified atom stereocenters. The molecule has 0 bridgehead atoms. The Kier molecular flexibility index (Phi) is 4.12. The van der Waals surface area contributed by atoms with Crippen molar-refractivity contribution in [1.82, 2.24) is 0 Å². The number of hydrogen-bond acceptors (Lipinski definition) is 4. The van der Waals surface area contributed by atoms with E-state index in [0.29, 0.717) is 0 Å². The van der Waals surface area contributed by atoms with E-state index in [1.54, 1.807) is 6.07 Å². The van der Waals surface area contributed by atoms with Gasteiger partial charge in [0.05, 0.1) is 10.6 Å². The average Bonchev–Trinajstić information content (AvgIpc) is 2.24. The molecule has 0 aliphatic heterocycles. The fraction of sp³-hybridized carbons (Fsp3) is 0.100. The number of nitrogens with two attached hydrogens (primary N) is 1. The van der Waals surface area contributed by atoms with Gasteiger partial charge in [-0.25, -0.2) is 13.6 Å². The highest BCUT2D eigenvalue weighted by atomic mass is 35.5. The molecular weight excluding hydrogens is 264 g/mol. The number of hydrogen-bond donors (Lipinski definition) is 1. The van der Waals surface area contributed by atoms with E-state index in [1.165, 1.54) is 12.1 Å². The molecule has 1 aromatic carbocycles. The second-order valence-electron chi connectivity index (χ2n) is 3.04. The van der Waals surface area contributed by atoms with Gasteiger partial charge in [-0.1, -0.05) is 24.3 Å². The third-order valence-corrected chi connectivity index (χ3v) is 3.19. The molecule has 5 nitrogen and oxygen atoms in total. The van der Waals surface area contributed by atoms with Crippen molar-refractivity contribution in [3.8, 4) is 11.8 Å². The lowest BCUT2D eigenvalue weighted by molar-refractivity contribution is 0.362. The molecule has 0 aliphatic rings. The van der Waals surface area contributed by atoms with Crippen LogP contribution < -0.4 is 9.88 Å². The van der Waals surface area contributed by atoms with Gasteiger partial charge in [-0.05, 0) is 6.07 Å². The molecule has 0 radical (unpaired) electrons. The molecule has 0 fully saturated rings. The van der Waals surface area contributed by atoms with Crippen LogP contribution in [0.25, 0.3) is 0 Å². The Hall–Kier alpha value is -1.55. The Morgan fingerprint density at radius 1 is 1.59 bits per heavy atom. The van der Waals surface area contributed by atoms with Crippen LogP contribution in [0.2, 0.25) is 5.02 Å². The normalized spacial score (nSPS) is 10.6. The number of halogens is 1. The molecule has 90 valence electrons. The van der Waals surface area contributed by atoms with E-state index in [-0.39, 0.29) is 27.8 Å². The number of nitrogens with zero attached hydrogens (tertiary/aromatic N) is 1. The molecule has 7 heteroatoms. The predicted octanol–water partition coefficient (Wildman–Crippen LogP) is 1.42. The Labute approximate surface area is 104 Å². The lowest BCUT2D eigenvalue weighted by Crippen LogP contribution is -2.13. The van der Waals surface area contributed by atoms with Crippen LogP contribution in [0.4, 0.5) is 0 Å². The van der Waals surface area contributed by atoms with Crippen LogP contribution >= 0.6 is 11.6 Å². The Bertz CT molecular complexity index is 590. The highest BCUT2D eigenvalue weighted by molar-refractivity contribution is 7.89. The Balaban J connectivity index is 3.36. The molecule has 0 heterocycles. The first-order valence-corrected chi connectivity index (χ1v) is 6.32. The molecular formula is C10H9ClN2O3S. The summed E-state index contributed by atoms with van der Waals surface area (Å²) in [6.07, 6.45) is 1.49. The van der Waals surface area contributed by atoms with Crippen LogP contribution in [-0.2, 0) is 10.0 Å². The molecule has 0 spiro atoms. The van der Waals surface area contributed by atoms with E-state index in [1.807, 2.05) is 0 Å². The lowest BCUT2D eigenvalue weighted by atomic mass is 10.2. The Morgan fingerprint density at radius 2 is 2.24 bits per heavy atom. The zero-order valence-corrected chi connectivity index (χ0v) is 10.3. The fourth-order valence-corrected chi connectivity index (χ4v) is 2.20. The number of ether oxygens (including phenoxy) is 1. The van der Waals surface area contributed by atoms with Gasteiger partial charge in [-0.15, -0.1) is 0 Å². The number of sulfonamides is 1. The minimum atomic E-state index is -3.96. The third kappa shape index (κ3) is 3.20. The van der Waals surface area contributed by atoms with E-state index >= 15 is 0 Å². The largest absolute Gasteiger partial charge is 0.488 e. The van der Waals surface area contributed by atoms with Crippen LogP contribution in [0.5, 0.6) is 5.75 Å². The van der Waals surface area contributed by atoms with E-state index in [2.05, 4.69) is 6.58 Å². The number of primary sulfonamides is 1. The van der Waals surface area contributed by atoms with Gasteiger partial charge in [0.1, 0.15) is 23.3 Å². The topological polar surface area (TPSA) is 93.2 Å². The monoisotopic (exact) mass is 272 g/mol. The van der Waals surface area contributed by atoms with E-state index < -0.39 is 10.0 Å². The van der Waals surface area contributed by atoms with Crippen molar-refractivity contribution in [2.75, 3.05) is 6.61 Å². The first-order valence-electron chi connectivity index (χ1n) is 4.40. The van der Waals surface area contributed by atoms with Gasteiger partial charge in [0.2, 0.25) is 10.0 Å². The molecule has 0 atom stereocenters. The molecule has 0 saturated carbocycles. The summed E-state index contributed by atoms with van der Waals surface area (Å²) in [7, 11) is -3.96. The van der Waals surface area contributed by atoms with Crippen LogP contribution in [0.15, 0.2) is 29.7 Å². The van der Waals surface area contributed by atoms with Gasteiger partial charge in [0, 0.05) is 6.07 Å². The summed E-state index contributed by atoms with van der Waals surface area (Å²) < 4.78 is 27.5. The highest BCUT2D eigenvalue weighted by Gasteiger charge is 2.17. The van der Waals surface area contributed by atoms with Crippen molar-refractivity contribution in [3.05, 3.63) is 35.4 Å². The number of rotatable bonds is 4. The van der Waals surface area contributed by atoms with Crippen LogP contribution in [-0.4, -0.2) is 15.0 Å². The zero-order valence-electron chi connectivity index (χ0n) is 8.68. The molecule has 0 saturated heterocycles. The summed E-state index contributed by atoms with van der Waals surface area (Å²) >= 11 is 5.75. The van der Waals surface area contributed by atoms with Crippen LogP contribution in [0.1, 0.15) is 5.56 Å². The van der Waals surface area contributed by atoms with E-state index in [9.17, 15) is 8.42 Å². The maximum atomic E-state index is 11.2. The standard InChI is InChI=1S/C10H9ClN2O3S/c1-2-3-16-9-5-8(11)10(17(13,14)15)4-7(9)6-12/h2,4-5H,1,3H2,(H2,13,14,15). The zero-order chi connectivity index (χ0) is 13.1. The van der Waals surface area contributed by atoms with Gasteiger partial charge in [-0.3, -0.25) is 0 Å². The number of nitriles is 1.